The molecule has 0 radical (unpaired) electrons. The van der Waals surface area contributed by atoms with Crippen molar-refractivity contribution >= 4 is 40.3 Å². The third-order valence-electron chi connectivity index (χ3n) is 3.25. The van der Waals surface area contributed by atoms with Crippen LogP contribution in [0.2, 0.25) is 5.02 Å². The van der Waals surface area contributed by atoms with Crippen molar-refractivity contribution in [2.24, 2.45) is 0 Å². The summed E-state index contributed by atoms with van der Waals surface area (Å²) in [5, 5.41) is 25.8. The van der Waals surface area contributed by atoms with Gasteiger partial charge in [0.15, 0.2) is 17.4 Å². The molecule has 0 saturated carbocycles. The lowest BCUT2D eigenvalue weighted by Crippen LogP contribution is -2.42. The molecule has 0 fully saturated rings. The molecule has 0 spiro atoms. The fraction of sp³-hybridized carbons (Fsp3) is 0.111. The van der Waals surface area contributed by atoms with E-state index >= 15 is 0 Å². The molecule has 24 heavy (non-hydrogen) atoms. The van der Waals surface area contributed by atoms with Gasteiger partial charge in [0.2, 0.25) is 5.70 Å². The van der Waals surface area contributed by atoms with Crippen molar-refractivity contribution in [3.63, 3.8) is 0 Å². The van der Waals surface area contributed by atoms with E-state index in [0.29, 0.717) is 33.4 Å². The second kappa shape index (κ2) is 8.59. The first-order valence-electron chi connectivity index (χ1n) is 7.24. The van der Waals surface area contributed by atoms with Gasteiger partial charge in [-0.3, -0.25) is 0 Å². The Bertz CT molecular complexity index is 773. The zero-order valence-corrected chi connectivity index (χ0v) is 14.5. The molecule has 1 heterocycles. The molecule has 0 saturated heterocycles. The first-order chi connectivity index (χ1) is 11.6. The van der Waals surface area contributed by atoms with Crippen molar-refractivity contribution in [1.29, 1.82) is 0 Å². The molecule has 0 aliphatic carbocycles. The van der Waals surface area contributed by atoms with E-state index in [1.54, 1.807) is 59.4 Å². The fourth-order valence-corrected chi connectivity index (χ4v) is 2.49. The molecule has 4 nitrogen and oxygen atoms in total. The third kappa shape index (κ3) is 4.41. The molecule has 0 bridgehead atoms. The summed E-state index contributed by atoms with van der Waals surface area (Å²) in [7, 11) is 0. The highest BCUT2D eigenvalue weighted by Gasteiger charge is 2.18. The van der Waals surface area contributed by atoms with E-state index in [-0.39, 0.29) is 12.4 Å². The molecule has 2 N–H and O–H groups in total. The number of rotatable bonds is 6. The van der Waals surface area contributed by atoms with Gasteiger partial charge in [-0.1, -0.05) is 42.0 Å². The lowest BCUT2D eigenvalue weighted by atomic mass is 10.1. The minimum Gasteiger partial charge on any atom is -0.867 e. The Kier molecular flexibility index (Phi) is 6.49. The number of benzene rings is 1. The lowest BCUT2D eigenvalue weighted by molar-refractivity contribution is -0.578. The number of nitrogens with one attached hydrogen (secondary N) is 1. The van der Waals surface area contributed by atoms with Gasteiger partial charge in [0.05, 0.1) is 6.61 Å². The monoisotopic (exact) mass is 360 g/mol. The molecule has 2 rings (SSSR count). The van der Waals surface area contributed by atoms with Crippen LogP contribution in [-0.4, -0.2) is 16.6 Å². The SMILES string of the molecule is C=CCNC(=S)/C(=C(\[O-])c1ccc(Cl)cc1)[n+]1cccc(CO)c1. The maximum atomic E-state index is 12.9. The summed E-state index contributed by atoms with van der Waals surface area (Å²) < 4.78 is 1.61. The highest BCUT2D eigenvalue weighted by molar-refractivity contribution is 7.81. The smallest absolute Gasteiger partial charge is 0.237 e. The fourth-order valence-electron chi connectivity index (χ4n) is 2.08. The molecular weight excluding hydrogens is 344 g/mol. The van der Waals surface area contributed by atoms with Gasteiger partial charge in [0.25, 0.3) is 0 Å². The third-order valence-corrected chi connectivity index (χ3v) is 3.84. The van der Waals surface area contributed by atoms with Crippen LogP contribution in [0.5, 0.6) is 0 Å². The van der Waals surface area contributed by atoms with E-state index in [9.17, 15) is 10.2 Å². The number of hydrogen-bond acceptors (Lipinski definition) is 3. The Morgan fingerprint density at radius 1 is 1.33 bits per heavy atom. The van der Waals surface area contributed by atoms with Crippen LogP contribution >= 0.6 is 23.8 Å². The quantitative estimate of drug-likeness (QED) is 0.272. The van der Waals surface area contributed by atoms with Crippen molar-refractivity contribution in [2.75, 3.05) is 6.54 Å². The Hall–Kier alpha value is -2.21. The van der Waals surface area contributed by atoms with Crippen LogP contribution in [-0.2, 0) is 6.61 Å². The van der Waals surface area contributed by atoms with Gasteiger partial charge in [-0.15, -0.1) is 6.58 Å². The van der Waals surface area contributed by atoms with Gasteiger partial charge in [0.1, 0.15) is 0 Å². The van der Waals surface area contributed by atoms with E-state index in [0.717, 1.165) is 0 Å². The first-order valence-corrected chi connectivity index (χ1v) is 8.03. The van der Waals surface area contributed by atoms with E-state index in [2.05, 4.69) is 11.9 Å². The van der Waals surface area contributed by atoms with E-state index in [4.69, 9.17) is 23.8 Å². The summed E-state index contributed by atoms with van der Waals surface area (Å²) in [6, 6.07) is 10.1. The first kappa shape index (κ1) is 18.1. The number of aromatic nitrogens is 1. The number of aliphatic hydroxyl groups is 1. The Balaban J connectivity index is 2.56. The van der Waals surface area contributed by atoms with Gasteiger partial charge in [-0.2, -0.15) is 4.57 Å². The largest absolute Gasteiger partial charge is 0.867 e. The summed E-state index contributed by atoms with van der Waals surface area (Å²) >= 11 is 11.3. The van der Waals surface area contributed by atoms with Crippen LogP contribution in [0.4, 0.5) is 0 Å². The van der Waals surface area contributed by atoms with Crippen LogP contribution < -0.4 is 15.0 Å². The minimum atomic E-state index is -0.242. The minimum absolute atomic E-state index is 0.129. The van der Waals surface area contributed by atoms with Crippen LogP contribution in [0.1, 0.15) is 11.1 Å². The van der Waals surface area contributed by atoms with Crippen molar-refractivity contribution in [3.8, 4) is 0 Å². The van der Waals surface area contributed by atoms with Gasteiger partial charge >= 0.3 is 0 Å². The molecule has 1 aromatic heterocycles. The van der Waals surface area contributed by atoms with E-state index < -0.39 is 0 Å². The summed E-state index contributed by atoms with van der Waals surface area (Å²) in [6.07, 6.45) is 5.04. The molecule has 0 unspecified atom stereocenters. The van der Waals surface area contributed by atoms with Gasteiger partial charge in [-0.25, -0.2) is 0 Å². The van der Waals surface area contributed by atoms with Crippen molar-refractivity contribution in [1.82, 2.24) is 5.32 Å². The van der Waals surface area contributed by atoms with Gasteiger partial charge < -0.3 is 15.5 Å². The van der Waals surface area contributed by atoms with Crippen molar-refractivity contribution < 1.29 is 14.8 Å². The molecule has 1 aromatic carbocycles. The lowest BCUT2D eigenvalue weighted by Gasteiger charge is -2.16. The number of thiocarbonyl (C=S) groups is 1. The molecule has 0 atom stereocenters. The molecule has 0 aliphatic heterocycles. The molecule has 0 aliphatic rings. The zero-order valence-electron chi connectivity index (χ0n) is 12.9. The second-order valence-electron chi connectivity index (χ2n) is 4.96. The highest BCUT2D eigenvalue weighted by Crippen LogP contribution is 2.17. The van der Waals surface area contributed by atoms with Crippen LogP contribution in [0.15, 0.2) is 61.4 Å². The Labute approximate surface area is 151 Å². The van der Waals surface area contributed by atoms with Crippen molar-refractivity contribution in [2.45, 2.75) is 6.61 Å². The van der Waals surface area contributed by atoms with E-state index in [1.807, 2.05) is 0 Å². The summed E-state index contributed by atoms with van der Waals surface area (Å²) in [4.78, 5) is 0.301. The second-order valence-corrected chi connectivity index (χ2v) is 5.81. The Morgan fingerprint density at radius 2 is 2.04 bits per heavy atom. The van der Waals surface area contributed by atoms with Crippen LogP contribution in [0.25, 0.3) is 11.5 Å². The van der Waals surface area contributed by atoms with Crippen molar-refractivity contribution in [3.05, 3.63) is 77.6 Å². The molecule has 6 heteroatoms. The van der Waals surface area contributed by atoms with Gasteiger partial charge in [-0.05, 0) is 29.5 Å². The highest BCUT2D eigenvalue weighted by atomic mass is 35.5. The average Bonchev–Trinajstić information content (AvgIpc) is 2.60. The number of halogens is 1. The summed E-state index contributed by atoms with van der Waals surface area (Å²) in [6.45, 7) is 3.95. The standard InChI is InChI=1S/C18H17ClN2O2S/c1-2-9-20-18(24)16(21-10-3-4-13(11-21)12-22)17(23)14-5-7-15(19)8-6-14/h2-8,10-11,22H,1,9,12H2,(H-,20,23,24). The normalized spacial score (nSPS) is 11.6. The number of aliphatic hydroxyl groups excluding tert-OH is 1. The Morgan fingerprint density at radius 3 is 2.67 bits per heavy atom. The predicted octanol–water partition coefficient (Wildman–Crippen LogP) is 1.91. The molecular formula is C18H17ClN2O2S. The number of nitrogens with zero attached hydrogens (tertiary/aromatic N) is 1. The molecule has 2 aromatic rings. The van der Waals surface area contributed by atoms with Gasteiger partial charge in [0, 0.05) is 23.2 Å². The maximum Gasteiger partial charge on any atom is 0.237 e. The summed E-state index contributed by atoms with van der Waals surface area (Å²) in [5.74, 6) is -0.242. The molecule has 0 amide bonds. The molecule has 124 valence electrons. The predicted molar refractivity (Wildman–Crippen MR) is 97.9 cm³/mol. The average molecular weight is 361 g/mol. The van der Waals surface area contributed by atoms with E-state index in [1.165, 1.54) is 0 Å². The zero-order chi connectivity index (χ0) is 17.5. The topological polar surface area (TPSA) is 59.2 Å². The maximum absolute atomic E-state index is 12.9. The summed E-state index contributed by atoms with van der Waals surface area (Å²) in [5.41, 5.74) is 1.44. The van der Waals surface area contributed by atoms with Crippen LogP contribution in [0, 0.1) is 0 Å². The number of pyridine rings is 1. The number of hydrogen-bond donors (Lipinski definition) is 2. The van der Waals surface area contributed by atoms with Crippen LogP contribution in [0.3, 0.4) is 0 Å².